The Hall–Kier alpha value is -3.10. The number of pyridine rings is 1. The predicted molar refractivity (Wildman–Crippen MR) is 115 cm³/mol. The van der Waals surface area contributed by atoms with Crippen molar-refractivity contribution in [1.82, 2.24) is 4.98 Å². The van der Waals surface area contributed by atoms with Crippen molar-refractivity contribution < 1.29 is 19.4 Å². The van der Waals surface area contributed by atoms with Gasteiger partial charge in [-0.25, -0.2) is 9.78 Å². The summed E-state index contributed by atoms with van der Waals surface area (Å²) in [6, 6.07) is 11.1. The fourth-order valence-corrected chi connectivity index (χ4v) is 3.40. The number of benzene rings is 1. The van der Waals surface area contributed by atoms with E-state index in [0.29, 0.717) is 36.3 Å². The summed E-state index contributed by atoms with van der Waals surface area (Å²) < 4.78 is 11.2. The minimum absolute atomic E-state index is 0.0513. The summed E-state index contributed by atoms with van der Waals surface area (Å²) in [4.78, 5) is 17.2. The van der Waals surface area contributed by atoms with Gasteiger partial charge >= 0.3 is 5.97 Å². The molecule has 0 aliphatic carbocycles. The van der Waals surface area contributed by atoms with Crippen LogP contribution in [0.4, 0.5) is 0 Å². The highest BCUT2D eigenvalue weighted by Crippen LogP contribution is 2.27. The zero-order chi connectivity index (χ0) is 21.3. The van der Waals surface area contributed by atoms with E-state index in [1.54, 1.807) is 12.3 Å². The zero-order valence-corrected chi connectivity index (χ0v) is 17.4. The lowest BCUT2D eigenvalue weighted by Gasteiger charge is -2.24. The molecule has 1 aromatic heterocycles. The second-order valence-electron chi connectivity index (χ2n) is 7.43. The van der Waals surface area contributed by atoms with E-state index in [4.69, 9.17) is 9.47 Å². The third-order valence-electron chi connectivity index (χ3n) is 5.19. The van der Waals surface area contributed by atoms with Gasteiger partial charge in [0, 0.05) is 19.0 Å². The molecule has 0 saturated carbocycles. The first-order valence-electron chi connectivity index (χ1n) is 10.2. The van der Waals surface area contributed by atoms with Crippen molar-refractivity contribution in [2.75, 3.05) is 7.11 Å². The van der Waals surface area contributed by atoms with E-state index in [-0.39, 0.29) is 5.92 Å². The Labute approximate surface area is 177 Å². The number of methoxy groups -OCH3 is 1. The van der Waals surface area contributed by atoms with Crippen molar-refractivity contribution in [3.8, 4) is 17.6 Å². The number of allylic oxidation sites excluding steroid dienone is 2. The fourth-order valence-electron chi connectivity index (χ4n) is 3.40. The number of aliphatic hydroxyl groups is 1. The van der Waals surface area contributed by atoms with E-state index in [9.17, 15) is 9.90 Å². The van der Waals surface area contributed by atoms with Gasteiger partial charge in [0.05, 0.1) is 13.2 Å². The van der Waals surface area contributed by atoms with Gasteiger partial charge in [0.15, 0.2) is 0 Å². The second-order valence-corrected chi connectivity index (χ2v) is 7.43. The van der Waals surface area contributed by atoms with Gasteiger partial charge in [-0.05, 0) is 48.4 Å². The number of ether oxygens (including phenoxy) is 2. The maximum absolute atomic E-state index is 13.1. The number of hydrogen-bond acceptors (Lipinski definition) is 5. The summed E-state index contributed by atoms with van der Waals surface area (Å²) >= 11 is 0. The third-order valence-corrected chi connectivity index (χ3v) is 5.19. The Kier molecular flexibility index (Phi) is 7.64. The number of esters is 1. The number of cyclic esters (lactones) is 1. The molecule has 30 heavy (non-hydrogen) atoms. The molecule has 1 N–H and O–H groups in total. The fraction of sp³-hybridized carbons (Fsp3) is 0.360. The van der Waals surface area contributed by atoms with Crippen molar-refractivity contribution >= 4 is 5.97 Å². The molecule has 0 bridgehead atoms. The maximum Gasteiger partial charge on any atom is 0.342 e. The highest BCUT2D eigenvalue weighted by atomic mass is 16.5. The third kappa shape index (κ3) is 5.71. The van der Waals surface area contributed by atoms with Gasteiger partial charge in [-0.3, -0.25) is 0 Å². The van der Waals surface area contributed by atoms with Crippen LogP contribution in [0, 0.1) is 17.8 Å². The normalized spacial score (nSPS) is 22.9. The Balaban J connectivity index is 1.88. The van der Waals surface area contributed by atoms with Gasteiger partial charge in [0.25, 0.3) is 0 Å². The second kappa shape index (κ2) is 10.6. The van der Waals surface area contributed by atoms with Crippen LogP contribution in [0.5, 0.6) is 5.75 Å². The molecule has 0 saturated heterocycles. The first-order valence-corrected chi connectivity index (χ1v) is 10.2. The summed E-state index contributed by atoms with van der Waals surface area (Å²) in [5.41, 5.74) is 1.93. The zero-order valence-electron chi connectivity index (χ0n) is 17.4. The molecule has 1 aromatic carbocycles. The molecule has 2 aromatic rings. The van der Waals surface area contributed by atoms with Crippen molar-refractivity contribution in [2.45, 2.75) is 44.8 Å². The van der Waals surface area contributed by atoms with E-state index in [2.05, 4.69) is 22.9 Å². The monoisotopic (exact) mass is 405 g/mol. The number of nitrogens with zero attached hydrogens (tertiary/aromatic N) is 1. The van der Waals surface area contributed by atoms with E-state index >= 15 is 0 Å². The molecule has 5 heteroatoms. The van der Waals surface area contributed by atoms with E-state index < -0.39 is 18.2 Å². The van der Waals surface area contributed by atoms with Crippen LogP contribution in [0.2, 0.25) is 0 Å². The SMILES string of the molecule is COc1cccc2c1C(=O)O[C@@H](CC#Cc1ccccn1)C[C@@H](O)[C@@H](C)C/C=C/C2. The molecule has 0 radical (unpaired) electrons. The number of carbonyl (C=O) groups excluding carboxylic acids is 1. The van der Waals surface area contributed by atoms with Crippen molar-refractivity contribution in [2.24, 2.45) is 5.92 Å². The van der Waals surface area contributed by atoms with Gasteiger partial charge in [0.1, 0.15) is 23.1 Å². The Morgan fingerprint density at radius 2 is 2.10 bits per heavy atom. The van der Waals surface area contributed by atoms with Crippen LogP contribution in [-0.4, -0.2) is 35.4 Å². The molecule has 0 spiro atoms. The largest absolute Gasteiger partial charge is 0.496 e. The number of aliphatic hydroxyl groups excluding tert-OH is 1. The predicted octanol–water partition coefficient (Wildman–Crippen LogP) is 3.95. The number of rotatable bonds is 2. The molecule has 3 rings (SSSR count). The molecule has 3 atom stereocenters. The molecule has 1 aliphatic heterocycles. The van der Waals surface area contributed by atoms with Gasteiger partial charge in [0.2, 0.25) is 0 Å². The highest BCUT2D eigenvalue weighted by molar-refractivity contribution is 5.94. The minimum Gasteiger partial charge on any atom is -0.496 e. The number of aromatic nitrogens is 1. The summed E-state index contributed by atoms with van der Waals surface area (Å²) in [6.07, 6.45) is 6.60. The topological polar surface area (TPSA) is 68.7 Å². The van der Waals surface area contributed by atoms with Crippen LogP contribution in [-0.2, 0) is 11.2 Å². The molecule has 0 fully saturated rings. The number of hydrogen-bond donors (Lipinski definition) is 1. The smallest absolute Gasteiger partial charge is 0.342 e. The van der Waals surface area contributed by atoms with Crippen LogP contribution in [0.3, 0.4) is 0 Å². The summed E-state index contributed by atoms with van der Waals surface area (Å²) in [5, 5.41) is 10.6. The molecule has 0 unspecified atom stereocenters. The molecular formula is C25H27NO4. The maximum atomic E-state index is 13.1. The highest BCUT2D eigenvalue weighted by Gasteiger charge is 2.26. The standard InChI is InChI=1S/C25H27NO4/c1-18-9-3-4-10-19-11-7-15-23(29-2)24(19)25(28)30-21(17-22(18)27)14-8-13-20-12-5-6-16-26-20/h3-7,11-12,15-16,18,21-22,27H,9-10,14,17H2,1-2H3/b4-3+/t18-,21-,22+/m0/s1. The van der Waals surface area contributed by atoms with E-state index in [1.807, 2.05) is 43.3 Å². The Morgan fingerprint density at radius 1 is 1.23 bits per heavy atom. The van der Waals surface area contributed by atoms with Crippen molar-refractivity contribution in [1.29, 1.82) is 0 Å². The van der Waals surface area contributed by atoms with E-state index in [1.165, 1.54) is 7.11 Å². The van der Waals surface area contributed by atoms with Gasteiger partial charge in [-0.15, -0.1) is 0 Å². The molecule has 1 aliphatic rings. The van der Waals surface area contributed by atoms with Crippen molar-refractivity contribution in [3.63, 3.8) is 0 Å². The molecule has 5 nitrogen and oxygen atoms in total. The van der Waals surface area contributed by atoms with Crippen LogP contribution in [0.1, 0.15) is 47.8 Å². The minimum atomic E-state index is -0.597. The molecule has 2 heterocycles. The first kappa shape index (κ1) is 21.6. The lowest BCUT2D eigenvalue weighted by Crippen LogP contribution is -2.28. The van der Waals surface area contributed by atoms with Gasteiger partial charge < -0.3 is 14.6 Å². The lowest BCUT2D eigenvalue weighted by molar-refractivity contribution is 0.00742. The average Bonchev–Trinajstić information content (AvgIpc) is 2.76. The molecular weight excluding hydrogens is 378 g/mol. The van der Waals surface area contributed by atoms with Crippen LogP contribution in [0.25, 0.3) is 0 Å². The summed E-state index contributed by atoms with van der Waals surface area (Å²) in [7, 11) is 1.54. The Bertz CT molecular complexity index is 943. The number of carbonyl (C=O) groups is 1. The van der Waals surface area contributed by atoms with Crippen LogP contribution in [0.15, 0.2) is 54.7 Å². The van der Waals surface area contributed by atoms with Gasteiger partial charge in [-0.1, -0.05) is 43.2 Å². The average molecular weight is 405 g/mol. The Morgan fingerprint density at radius 3 is 2.87 bits per heavy atom. The summed E-state index contributed by atoms with van der Waals surface area (Å²) in [5.74, 6) is 6.11. The lowest BCUT2D eigenvalue weighted by atomic mass is 9.94. The van der Waals surface area contributed by atoms with Crippen LogP contribution >= 0.6 is 0 Å². The first-order chi connectivity index (χ1) is 14.6. The molecule has 0 amide bonds. The molecule has 156 valence electrons. The van der Waals surface area contributed by atoms with Crippen LogP contribution < -0.4 is 4.74 Å². The quantitative estimate of drug-likeness (QED) is 0.466. The van der Waals surface area contributed by atoms with E-state index in [0.717, 1.165) is 12.0 Å². The number of fused-ring (bicyclic) bond motifs is 1. The van der Waals surface area contributed by atoms with Crippen molar-refractivity contribution in [3.05, 3.63) is 71.6 Å². The summed E-state index contributed by atoms with van der Waals surface area (Å²) in [6.45, 7) is 2.00. The van der Waals surface area contributed by atoms with Gasteiger partial charge in [-0.2, -0.15) is 0 Å².